The molecule has 0 aliphatic heterocycles. The number of hydrogen-bond donors (Lipinski definition) is 0. The summed E-state index contributed by atoms with van der Waals surface area (Å²) >= 11 is 3.18. The molecule has 0 aliphatic carbocycles. The molecule has 0 saturated heterocycles. The smallest absolute Gasteiger partial charge is 0.346 e. The number of Topliss-reactive ketones (excluding diaryl/α,β-unsaturated/α-hetero) is 1. The maximum atomic E-state index is 12.4. The van der Waals surface area contributed by atoms with Gasteiger partial charge in [0, 0.05) is 10.5 Å². The monoisotopic (exact) mass is 413 g/mol. The third-order valence-corrected chi connectivity index (χ3v) is 4.88. The van der Waals surface area contributed by atoms with Crippen molar-refractivity contribution in [3.05, 3.63) is 62.1 Å². The fourth-order valence-electron chi connectivity index (χ4n) is 1.99. The van der Waals surface area contributed by atoms with Crippen molar-refractivity contribution in [2.45, 2.75) is 18.7 Å². The van der Waals surface area contributed by atoms with Gasteiger partial charge in [0.25, 0.3) is 5.69 Å². The maximum absolute atomic E-state index is 12.4. The van der Waals surface area contributed by atoms with E-state index in [1.807, 2.05) is 0 Å². The molecule has 7 nitrogen and oxygen atoms in total. The van der Waals surface area contributed by atoms with E-state index in [4.69, 9.17) is 4.18 Å². The Morgan fingerprint density at radius 3 is 2.46 bits per heavy atom. The van der Waals surface area contributed by atoms with Gasteiger partial charge in [-0.15, -0.1) is 0 Å². The number of carbonyl (C=O) groups excluding carboxylic acids is 1. The molecule has 0 unspecified atom stereocenters. The Kier molecular flexibility index (Phi) is 5.05. The average Bonchev–Trinajstić information content (AvgIpc) is 2.48. The second-order valence-electron chi connectivity index (χ2n) is 4.96. The molecule has 9 heteroatoms. The van der Waals surface area contributed by atoms with Crippen LogP contribution >= 0.6 is 15.9 Å². The van der Waals surface area contributed by atoms with E-state index in [0.29, 0.717) is 10.0 Å². The minimum atomic E-state index is -4.48. The molecule has 0 bridgehead atoms. The predicted octanol–water partition coefficient (Wildman–Crippen LogP) is 3.64. The van der Waals surface area contributed by atoms with Gasteiger partial charge < -0.3 is 4.18 Å². The Labute approximate surface area is 146 Å². The summed E-state index contributed by atoms with van der Waals surface area (Å²) in [5, 5.41) is 11.1. The van der Waals surface area contributed by atoms with E-state index < -0.39 is 31.4 Å². The molecule has 0 aromatic heterocycles. The summed E-state index contributed by atoms with van der Waals surface area (Å²) in [7, 11) is -4.48. The van der Waals surface area contributed by atoms with Crippen molar-refractivity contribution in [2.75, 3.05) is 0 Å². The zero-order chi connectivity index (χ0) is 18.1. The average molecular weight is 414 g/mol. The Morgan fingerprint density at radius 1 is 1.21 bits per heavy atom. The zero-order valence-corrected chi connectivity index (χ0v) is 15.0. The second kappa shape index (κ2) is 6.70. The molecule has 0 N–H and O–H groups in total. The summed E-state index contributed by atoms with van der Waals surface area (Å²) in [5.74, 6) is -0.597. The Morgan fingerprint density at radius 2 is 1.88 bits per heavy atom. The standard InChI is InChI=1S/C15H12BrNO6S/c1-9-3-6-15(13(7-9)17(19)20)24(21,22)23-14-5-4-11(16)8-12(14)10(2)18/h3-8H,1-2H3. The van der Waals surface area contributed by atoms with Gasteiger partial charge in [-0.2, -0.15) is 8.42 Å². The highest BCUT2D eigenvalue weighted by Crippen LogP contribution is 2.30. The number of ketones is 1. The van der Waals surface area contributed by atoms with E-state index in [0.717, 1.165) is 12.1 Å². The maximum Gasteiger partial charge on any atom is 0.346 e. The lowest BCUT2D eigenvalue weighted by atomic mass is 10.1. The van der Waals surface area contributed by atoms with Gasteiger partial charge in [0.1, 0.15) is 0 Å². The first-order chi connectivity index (χ1) is 11.1. The molecule has 0 radical (unpaired) electrons. The number of carbonyl (C=O) groups is 1. The van der Waals surface area contributed by atoms with E-state index >= 15 is 0 Å². The van der Waals surface area contributed by atoms with Gasteiger partial charge in [-0.1, -0.05) is 22.0 Å². The fourth-order valence-corrected chi connectivity index (χ4v) is 3.45. The van der Waals surface area contributed by atoms with Crippen LogP contribution in [0.5, 0.6) is 5.75 Å². The SMILES string of the molecule is CC(=O)c1cc(Br)ccc1OS(=O)(=O)c1ccc(C)cc1[N+](=O)[O-]. The third kappa shape index (κ3) is 3.80. The number of aryl methyl sites for hydroxylation is 1. The summed E-state index contributed by atoms with van der Waals surface area (Å²) in [6, 6.07) is 7.89. The topological polar surface area (TPSA) is 104 Å². The lowest BCUT2D eigenvalue weighted by Crippen LogP contribution is -2.14. The van der Waals surface area contributed by atoms with Crippen molar-refractivity contribution in [1.29, 1.82) is 0 Å². The number of rotatable bonds is 5. The highest BCUT2D eigenvalue weighted by Gasteiger charge is 2.29. The molecular weight excluding hydrogens is 402 g/mol. The Balaban J connectivity index is 2.55. The molecule has 2 aromatic rings. The molecule has 126 valence electrons. The van der Waals surface area contributed by atoms with Crippen LogP contribution in [-0.4, -0.2) is 19.1 Å². The second-order valence-corrected chi connectivity index (χ2v) is 7.39. The number of nitro groups is 1. The van der Waals surface area contributed by atoms with Gasteiger partial charge >= 0.3 is 10.1 Å². The Bertz CT molecular complexity index is 939. The van der Waals surface area contributed by atoms with E-state index in [2.05, 4.69) is 15.9 Å². The van der Waals surface area contributed by atoms with Crippen molar-refractivity contribution in [1.82, 2.24) is 0 Å². The molecular formula is C15H12BrNO6S. The van der Waals surface area contributed by atoms with E-state index in [1.54, 1.807) is 6.92 Å². The van der Waals surface area contributed by atoms with Crippen LogP contribution in [-0.2, 0) is 10.1 Å². The van der Waals surface area contributed by atoms with Crippen molar-refractivity contribution in [3.63, 3.8) is 0 Å². The molecule has 0 spiro atoms. The third-order valence-electron chi connectivity index (χ3n) is 3.10. The molecule has 0 fully saturated rings. The van der Waals surface area contributed by atoms with Crippen LogP contribution in [0.1, 0.15) is 22.8 Å². The quantitative estimate of drug-likeness (QED) is 0.320. The molecule has 0 amide bonds. The number of benzene rings is 2. The summed E-state index contributed by atoms with van der Waals surface area (Å²) in [6.07, 6.45) is 0. The lowest BCUT2D eigenvalue weighted by Gasteiger charge is -2.11. The van der Waals surface area contributed by atoms with Crippen LogP contribution < -0.4 is 4.18 Å². The first kappa shape index (κ1) is 18.1. The Hall–Kier alpha value is -2.26. The van der Waals surface area contributed by atoms with Gasteiger partial charge in [0.2, 0.25) is 0 Å². The summed E-state index contributed by atoms with van der Waals surface area (Å²) in [6.45, 7) is 2.86. The highest BCUT2D eigenvalue weighted by atomic mass is 79.9. The number of halogens is 1. The van der Waals surface area contributed by atoms with E-state index in [1.165, 1.54) is 31.2 Å². The predicted molar refractivity (Wildman–Crippen MR) is 89.8 cm³/mol. The van der Waals surface area contributed by atoms with Crippen LogP contribution in [0.25, 0.3) is 0 Å². The first-order valence-electron chi connectivity index (χ1n) is 6.62. The van der Waals surface area contributed by atoms with Crippen LogP contribution in [0.3, 0.4) is 0 Å². The molecule has 2 rings (SSSR count). The van der Waals surface area contributed by atoms with Gasteiger partial charge in [-0.3, -0.25) is 14.9 Å². The van der Waals surface area contributed by atoms with Crippen LogP contribution in [0.4, 0.5) is 5.69 Å². The minimum Gasteiger partial charge on any atom is -0.378 e. The molecule has 0 atom stereocenters. The first-order valence-corrected chi connectivity index (χ1v) is 8.82. The van der Waals surface area contributed by atoms with Gasteiger partial charge in [-0.05, 0) is 43.7 Å². The largest absolute Gasteiger partial charge is 0.378 e. The summed E-state index contributed by atoms with van der Waals surface area (Å²) in [4.78, 5) is 21.4. The normalized spacial score (nSPS) is 11.1. The van der Waals surface area contributed by atoms with Crippen LogP contribution in [0.2, 0.25) is 0 Å². The van der Waals surface area contributed by atoms with E-state index in [9.17, 15) is 23.3 Å². The van der Waals surface area contributed by atoms with Crippen LogP contribution in [0.15, 0.2) is 45.8 Å². The summed E-state index contributed by atoms with van der Waals surface area (Å²) in [5.41, 5.74) is -0.00656. The van der Waals surface area contributed by atoms with Crippen LogP contribution in [0, 0.1) is 17.0 Å². The van der Waals surface area contributed by atoms with Gasteiger partial charge in [0.05, 0.1) is 10.5 Å². The van der Waals surface area contributed by atoms with Crippen molar-refractivity contribution in [2.24, 2.45) is 0 Å². The number of hydrogen-bond acceptors (Lipinski definition) is 6. The van der Waals surface area contributed by atoms with Crippen molar-refractivity contribution >= 4 is 37.5 Å². The zero-order valence-electron chi connectivity index (χ0n) is 12.6. The van der Waals surface area contributed by atoms with Gasteiger partial charge in [-0.25, -0.2) is 0 Å². The summed E-state index contributed by atoms with van der Waals surface area (Å²) < 4.78 is 30.5. The van der Waals surface area contributed by atoms with Gasteiger partial charge in [0.15, 0.2) is 16.4 Å². The molecule has 2 aromatic carbocycles. The fraction of sp³-hybridized carbons (Fsp3) is 0.133. The lowest BCUT2D eigenvalue weighted by molar-refractivity contribution is -0.387. The molecule has 0 saturated carbocycles. The molecule has 0 heterocycles. The van der Waals surface area contributed by atoms with Crippen molar-refractivity contribution < 1.29 is 22.3 Å². The highest BCUT2D eigenvalue weighted by molar-refractivity contribution is 9.10. The van der Waals surface area contributed by atoms with Crippen molar-refractivity contribution in [3.8, 4) is 5.75 Å². The molecule has 0 aliphatic rings. The number of nitro benzene ring substituents is 1. The minimum absolute atomic E-state index is 0.0442. The van der Waals surface area contributed by atoms with E-state index in [-0.39, 0.29) is 11.3 Å². The number of nitrogens with zero attached hydrogens (tertiary/aromatic N) is 1. The molecule has 24 heavy (non-hydrogen) atoms.